The summed E-state index contributed by atoms with van der Waals surface area (Å²) in [5.41, 5.74) is 5.98. The van der Waals surface area contributed by atoms with Gasteiger partial charge in [-0.05, 0) is 53.0 Å². The van der Waals surface area contributed by atoms with Crippen molar-refractivity contribution in [3.05, 3.63) is 192 Å². The molecular formula is C48H38OS. The van der Waals surface area contributed by atoms with Crippen molar-refractivity contribution in [3.63, 3.8) is 0 Å². The van der Waals surface area contributed by atoms with E-state index in [4.69, 9.17) is 4.42 Å². The van der Waals surface area contributed by atoms with Crippen LogP contribution in [0.3, 0.4) is 0 Å². The summed E-state index contributed by atoms with van der Waals surface area (Å²) >= 11 is 1.84. The van der Waals surface area contributed by atoms with E-state index in [1.165, 1.54) is 42.1 Å². The molecule has 50 heavy (non-hydrogen) atoms. The Labute approximate surface area is 297 Å². The van der Waals surface area contributed by atoms with Gasteiger partial charge in [0.25, 0.3) is 0 Å². The largest absolute Gasteiger partial charge is 0.456 e. The van der Waals surface area contributed by atoms with Crippen LogP contribution >= 0.6 is 11.3 Å². The molecule has 0 atom stereocenters. The lowest BCUT2D eigenvalue weighted by Gasteiger charge is -2.08. The Morgan fingerprint density at radius 2 is 1.22 bits per heavy atom. The van der Waals surface area contributed by atoms with Crippen LogP contribution in [-0.2, 0) is 0 Å². The van der Waals surface area contributed by atoms with E-state index in [1.54, 1.807) is 0 Å². The van der Waals surface area contributed by atoms with Gasteiger partial charge in [-0.1, -0.05) is 177 Å². The van der Waals surface area contributed by atoms with Crippen molar-refractivity contribution in [1.29, 1.82) is 0 Å². The van der Waals surface area contributed by atoms with Gasteiger partial charge in [-0.2, -0.15) is 0 Å². The first kappa shape index (κ1) is 32.6. The number of furan rings is 1. The number of thiophene rings is 1. The van der Waals surface area contributed by atoms with Crippen LogP contribution in [0.5, 0.6) is 0 Å². The molecule has 7 aromatic rings. The lowest BCUT2D eigenvalue weighted by molar-refractivity contribution is 0.580. The topological polar surface area (TPSA) is 13.1 Å². The van der Waals surface area contributed by atoms with Crippen molar-refractivity contribution in [2.45, 2.75) is 13.8 Å². The molecule has 0 aliphatic carbocycles. The summed E-state index contributed by atoms with van der Waals surface area (Å²) in [6, 6.07) is 38.3. The van der Waals surface area contributed by atoms with Gasteiger partial charge in [0.1, 0.15) is 11.0 Å². The average molecular weight is 663 g/mol. The molecule has 0 radical (unpaired) electrons. The van der Waals surface area contributed by atoms with Gasteiger partial charge in [0.2, 0.25) is 0 Å². The molecule has 0 N–H and O–H groups in total. The van der Waals surface area contributed by atoms with E-state index in [2.05, 4.69) is 166 Å². The fraction of sp³-hybridized carbons (Fsp3) is 0.0417. The SMILES string of the molecule is C=C(\C=C/C=C/C=C/C=c1\c(=C)oc2c3ccccc3c3sc4ccccc4c3c12)c1ccccccc(/C(C)=C/C=C\C)c2ccccc12. The summed E-state index contributed by atoms with van der Waals surface area (Å²) in [5, 5.41) is 9.29. The Bertz CT molecular complexity index is 2760. The Morgan fingerprint density at radius 1 is 0.620 bits per heavy atom. The highest BCUT2D eigenvalue weighted by atomic mass is 32.1. The maximum absolute atomic E-state index is 6.38. The van der Waals surface area contributed by atoms with Crippen LogP contribution in [0.15, 0.2) is 175 Å². The molecular weight excluding hydrogens is 625 g/mol. The van der Waals surface area contributed by atoms with Gasteiger partial charge < -0.3 is 4.42 Å². The zero-order valence-electron chi connectivity index (χ0n) is 28.4. The van der Waals surface area contributed by atoms with Crippen molar-refractivity contribution in [1.82, 2.24) is 0 Å². The molecule has 242 valence electrons. The molecule has 0 spiro atoms. The molecule has 0 aliphatic rings. The Morgan fingerprint density at radius 3 is 1.98 bits per heavy atom. The van der Waals surface area contributed by atoms with Gasteiger partial charge in [-0.3, -0.25) is 0 Å². The normalized spacial score (nSPS) is 13.1. The summed E-state index contributed by atoms with van der Waals surface area (Å²) in [4.78, 5) is 0. The molecule has 0 aliphatic heterocycles. The van der Waals surface area contributed by atoms with E-state index in [0.717, 1.165) is 38.1 Å². The molecule has 2 heterocycles. The van der Waals surface area contributed by atoms with Crippen LogP contribution in [0.2, 0.25) is 0 Å². The van der Waals surface area contributed by atoms with Crippen molar-refractivity contribution in [3.8, 4) is 0 Å². The van der Waals surface area contributed by atoms with Crippen LogP contribution in [0.4, 0.5) is 0 Å². The molecule has 2 aromatic heterocycles. The van der Waals surface area contributed by atoms with Gasteiger partial charge in [0.15, 0.2) is 0 Å². The number of benzene rings is 4. The number of rotatable bonds is 7. The predicted octanol–water partition coefficient (Wildman–Crippen LogP) is 12.8. The number of allylic oxidation sites excluding steroid dienone is 11. The fourth-order valence-electron chi connectivity index (χ4n) is 6.59. The van der Waals surface area contributed by atoms with Gasteiger partial charge in [-0.15, -0.1) is 11.3 Å². The van der Waals surface area contributed by atoms with E-state index in [-0.39, 0.29) is 0 Å². The summed E-state index contributed by atoms with van der Waals surface area (Å²) in [6.07, 6.45) is 20.7. The maximum atomic E-state index is 6.38. The van der Waals surface area contributed by atoms with Crippen LogP contribution in [0.25, 0.3) is 76.5 Å². The second-order valence-electron chi connectivity index (χ2n) is 12.2. The molecule has 7 rings (SSSR count). The molecule has 0 bridgehead atoms. The molecule has 5 aromatic carbocycles. The standard InChI is InChI=1S/C48H38OS/c1-5-6-22-33(2)36-24-13-10-11-14-25-37(40-28-17-16-27-39(36)40)34(3)23-12-8-7-9-15-26-38-35(4)49-47-41-29-18-19-30-42(41)48-46(45(38)47)43-31-20-21-32-44(43)50-48/h5-32H,3-4H2,1-2H3/b6-5-,8-7+,11-10?,13-10?,14-11?,15-9+,23-12-,24-13?,25-14?,33-22+,36-24?,37-25?,38-26+,39-36?,40-37?. The summed E-state index contributed by atoms with van der Waals surface area (Å²) < 4.78 is 8.94. The van der Waals surface area contributed by atoms with Crippen LogP contribution < -0.4 is 10.6 Å². The van der Waals surface area contributed by atoms with Crippen molar-refractivity contribution < 1.29 is 4.42 Å². The third kappa shape index (κ3) is 6.30. The van der Waals surface area contributed by atoms with Crippen LogP contribution in [0.1, 0.15) is 25.0 Å². The van der Waals surface area contributed by atoms with E-state index in [0.29, 0.717) is 5.42 Å². The minimum atomic E-state index is 0.673. The van der Waals surface area contributed by atoms with Crippen molar-refractivity contribution in [2.24, 2.45) is 0 Å². The highest BCUT2D eigenvalue weighted by Gasteiger charge is 2.17. The molecule has 0 saturated heterocycles. The molecule has 0 saturated carbocycles. The summed E-state index contributed by atoms with van der Waals surface area (Å²) in [5.74, 6) is 0. The monoisotopic (exact) mass is 662 g/mol. The molecule has 2 heteroatoms. The van der Waals surface area contributed by atoms with Gasteiger partial charge in [-0.25, -0.2) is 0 Å². The third-order valence-corrected chi connectivity index (χ3v) is 10.2. The number of hydrogen-bond acceptors (Lipinski definition) is 2. The van der Waals surface area contributed by atoms with Crippen LogP contribution in [-0.4, -0.2) is 0 Å². The zero-order chi connectivity index (χ0) is 34.5. The first-order chi connectivity index (χ1) is 24.6. The van der Waals surface area contributed by atoms with Gasteiger partial charge in [0.05, 0.1) is 0 Å². The molecule has 0 unspecified atom stereocenters. The lowest BCUT2D eigenvalue weighted by Crippen LogP contribution is -2.17. The summed E-state index contributed by atoms with van der Waals surface area (Å²) in [7, 11) is 0. The molecule has 0 fully saturated rings. The Balaban J connectivity index is 1.22. The third-order valence-electron chi connectivity index (χ3n) is 8.96. The first-order valence-corrected chi connectivity index (χ1v) is 17.7. The van der Waals surface area contributed by atoms with Gasteiger partial charge >= 0.3 is 0 Å². The minimum Gasteiger partial charge on any atom is -0.456 e. The van der Waals surface area contributed by atoms with Crippen molar-refractivity contribution in [2.75, 3.05) is 0 Å². The van der Waals surface area contributed by atoms with Gasteiger partial charge in [0, 0.05) is 41.5 Å². The molecule has 0 amide bonds. The van der Waals surface area contributed by atoms with E-state index < -0.39 is 0 Å². The predicted molar refractivity (Wildman–Crippen MR) is 222 cm³/mol. The zero-order valence-corrected chi connectivity index (χ0v) is 29.2. The summed E-state index contributed by atoms with van der Waals surface area (Å²) in [6.45, 7) is 13.0. The van der Waals surface area contributed by atoms with E-state index in [9.17, 15) is 0 Å². The highest BCUT2D eigenvalue weighted by molar-refractivity contribution is 7.27. The Hall–Kier alpha value is -5.96. The van der Waals surface area contributed by atoms with E-state index in [1.807, 2.05) is 42.6 Å². The lowest BCUT2D eigenvalue weighted by atomic mass is 9.96. The quantitative estimate of drug-likeness (QED) is 0.155. The minimum absolute atomic E-state index is 0.673. The number of hydrogen-bond donors (Lipinski definition) is 0. The van der Waals surface area contributed by atoms with E-state index >= 15 is 0 Å². The average Bonchev–Trinajstić information content (AvgIpc) is 3.69. The first-order valence-electron chi connectivity index (χ1n) is 16.9. The highest BCUT2D eigenvalue weighted by Crippen LogP contribution is 2.42. The van der Waals surface area contributed by atoms with Crippen molar-refractivity contribution >= 4 is 87.8 Å². The fourth-order valence-corrected chi connectivity index (χ4v) is 7.84. The second-order valence-corrected chi connectivity index (χ2v) is 13.2. The number of fused-ring (bicyclic) bond motifs is 9. The van der Waals surface area contributed by atoms with Crippen LogP contribution in [0, 0.1) is 0 Å². The molecule has 1 nitrogen and oxygen atoms in total. The maximum Gasteiger partial charge on any atom is 0.143 e. The second kappa shape index (κ2) is 14.7. The smallest absolute Gasteiger partial charge is 0.143 e. The Kier molecular flexibility index (Phi) is 9.55.